The van der Waals surface area contributed by atoms with Crippen molar-refractivity contribution in [3.8, 4) is 0 Å². The van der Waals surface area contributed by atoms with Crippen molar-refractivity contribution in [3.63, 3.8) is 0 Å². The smallest absolute Gasteiger partial charge is 0.305 e. The van der Waals surface area contributed by atoms with Crippen molar-refractivity contribution >= 4 is 43.7 Å². The monoisotopic (exact) mass is 389 g/mol. The fourth-order valence-corrected chi connectivity index (χ4v) is 2.73. The molecule has 0 heterocycles. The lowest BCUT2D eigenvalue weighted by Crippen LogP contribution is -2.38. The molecule has 1 aliphatic carbocycles. The Morgan fingerprint density at radius 3 is 2.63 bits per heavy atom. The number of benzene rings is 1. The zero-order valence-electron chi connectivity index (χ0n) is 10.0. The highest BCUT2D eigenvalue weighted by Gasteiger charge is 2.34. The van der Waals surface area contributed by atoms with Gasteiger partial charge in [0.15, 0.2) is 0 Å². The van der Waals surface area contributed by atoms with Crippen LogP contribution in [-0.2, 0) is 4.79 Å². The lowest BCUT2D eigenvalue weighted by Gasteiger charge is -2.16. The number of amides is 1. The van der Waals surface area contributed by atoms with Crippen molar-refractivity contribution in [2.24, 2.45) is 5.92 Å². The SMILES string of the molecule is O=C(O)CC(NC(=O)c1cc(Br)ccc1Br)C1CC1. The van der Waals surface area contributed by atoms with Crippen LogP contribution in [0, 0.1) is 5.92 Å². The van der Waals surface area contributed by atoms with Crippen molar-refractivity contribution in [2.75, 3.05) is 0 Å². The van der Waals surface area contributed by atoms with Crippen molar-refractivity contribution in [3.05, 3.63) is 32.7 Å². The Kier molecular flexibility index (Phi) is 4.62. The summed E-state index contributed by atoms with van der Waals surface area (Å²) in [5, 5.41) is 11.7. The predicted octanol–water partition coefficient (Wildman–Crippen LogP) is 3.19. The standard InChI is InChI=1S/C13H13Br2NO3/c14-8-3-4-10(15)9(5-8)13(19)16-11(6-12(17)18)7-1-2-7/h3-5,7,11H,1-2,6H2,(H,16,19)(H,17,18). The second-order valence-electron chi connectivity index (χ2n) is 4.64. The van der Waals surface area contributed by atoms with Crippen molar-refractivity contribution in [1.29, 1.82) is 0 Å². The molecule has 19 heavy (non-hydrogen) atoms. The van der Waals surface area contributed by atoms with Gasteiger partial charge < -0.3 is 10.4 Å². The van der Waals surface area contributed by atoms with Crippen LogP contribution in [0.15, 0.2) is 27.1 Å². The van der Waals surface area contributed by atoms with Crippen LogP contribution in [0.2, 0.25) is 0 Å². The molecule has 0 radical (unpaired) electrons. The number of halogens is 2. The first-order valence-electron chi connectivity index (χ1n) is 5.95. The maximum atomic E-state index is 12.2. The number of nitrogens with one attached hydrogen (secondary N) is 1. The summed E-state index contributed by atoms with van der Waals surface area (Å²) in [7, 11) is 0. The Balaban J connectivity index is 2.10. The van der Waals surface area contributed by atoms with Gasteiger partial charge in [-0.2, -0.15) is 0 Å². The van der Waals surface area contributed by atoms with Gasteiger partial charge in [0, 0.05) is 15.0 Å². The first kappa shape index (κ1) is 14.5. The van der Waals surface area contributed by atoms with E-state index in [1.165, 1.54) is 0 Å². The summed E-state index contributed by atoms with van der Waals surface area (Å²) in [5.41, 5.74) is 0.505. The zero-order chi connectivity index (χ0) is 14.0. The van der Waals surface area contributed by atoms with E-state index in [4.69, 9.17) is 5.11 Å². The average molecular weight is 391 g/mol. The van der Waals surface area contributed by atoms with Crippen LogP contribution in [-0.4, -0.2) is 23.0 Å². The molecule has 0 bridgehead atoms. The minimum Gasteiger partial charge on any atom is -0.481 e. The summed E-state index contributed by atoms with van der Waals surface area (Å²) < 4.78 is 1.50. The number of carboxylic acids is 1. The van der Waals surface area contributed by atoms with Gasteiger partial charge in [-0.1, -0.05) is 15.9 Å². The Bertz CT molecular complexity index is 515. The van der Waals surface area contributed by atoms with Gasteiger partial charge >= 0.3 is 5.97 Å². The number of carboxylic acid groups (broad SMARTS) is 1. The van der Waals surface area contributed by atoms with Crippen LogP contribution in [0.4, 0.5) is 0 Å². The van der Waals surface area contributed by atoms with Gasteiger partial charge in [-0.3, -0.25) is 9.59 Å². The number of aliphatic carboxylic acids is 1. The van der Waals surface area contributed by atoms with Gasteiger partial charge in [-0.05, 0) is 52.9 Å². The Morgan fingerprint density at radius 2 is 2.05 bits per heavy atom. The third-order valence-electron chi connectivity index (χ3n) is 3.08. The molecule has 2 rings (SSSR count). The lowest BCUT2D eigenvalue weighted by molar-refractivity contribution is -0.137. The molecular formula is C13H13Br2NO3. The van der Waals surface area contributed by atoms with E-state index in [-0.39, 0.29) is 18.4 Å². The van der Waals surface area contributed by atoms with E-state index in [9.17, 15) is 9.59 Å². The molecule has 1 aromatic carbocycles. The maximum absolute atomic E-state index is 12.2. The van der Waals surface area contributed by atoms with Crippen LogP contribution in [0.5, 0.6) is 0 Å². The maximum Gasteiger partial charge on any atom is 0.305 e. The summed E-state index contributed by atoms with van der Waals surface area (Å²) in [6.45, 7) is 0. The van der Waals surface area contributed by atoms with Crippen LogP contribution in [0.1, 0.15) is 29.6 Å². The van der Waals surface area contributed by atoms with Gasteiger partial charge in [-0.15, -0.1) is 0 Å². The molecule has 102 valence electrons. The number of hydrogen-bond acceptors (Lipinski definition) is 2. The quantitative estimate of drug-likeness (QED) is 0.811. The molecule has 1 amide bonds. The van der Waals surface area contributed by atoms with Gasteiger partial charge in [0.25, 0.3) is 5.91 Å². The minimum absolute atomic E-state index is 0.0258. The van der Waals surface area contributed by atoms with E-state index < -0.39 is 5.97 Å². The summed E-state index contributed by atoms with van der Waals surface area (Å²) in [6.07, 6.45) is 1.94. The van der Waals surface area contributed by atoms with Gasteiger partial charge in [-0.25, -0.2) is 0 Å². The highest BCUT2D eigenvalue weighted by molar-refractivity contribution is 9.11. The van der Waals surface area contributed by atoms with Crippen LogP contribution < -0.4 is 5.32 Å². The Labute approximate surface area is 127 Å². The van der Waals surface area contributed by atoms with E-state index in [1.807, 2.05) is 6.07 Å². The molecule has 1 fully saturated rings. The van der Waals surface area contributed by atoms with Crippen molar-refractivity contribution in [1.82, 2.24) is 5.32 Å². The number of carbonyl (C=O) groups excluding carboxylic acids is 1. The Hall–Kier alpha value is -0.880. The summed E-state index contributed by atoms with van der Waals surface area (Å²) in [4.78, 5) is 23.0. The molecule has 1 aliphatic rings. The molecule has 2 N–H and O–H groups in total. The van der Waals surface area contributed by atoms with Crippen LogP contribution >= 0.6 is 31.9 Å². The van der Waals surface area contributed by atoms with Gasteiger partial charge in [0.05, 0.1) is 12.0 Å². The first-order chi connectivity index (χ1) is 8.97. The highest BCUT2D eigenvalue weighted by Crippen LogP contribution is 2.34. The van der Waals surface area contributed by atoms with Crippen molar-refractivity contribution in [2.45, 2.75) is 25.3 Å². The van der Waals surface area contributed by atoms with Crippen molar-refractivity contribution < 1.29 is 14.7 Å². The molecule has 4 nitrogen and oxygen atoms in total. The number of hydrogen-bond donors (Lipinski definition) is 2. The molecule has 1 atom stereocenters. The first-order valence-corrected chi connectivity index (χ1v) is 7.53. The van der Waals surface area contributed by atoms with E-state index in [2.05, 4.69) is 37.2 Å². The van der Waals surface area contributed by atoms with Crippen LogP contribution in [0.25, 0.3) is 0 Å². The lowest BCUT2D eigenvalue weighted by atomic mass is 10.1. The fraction of sp³-hybridized carbons (Fsp3) is 0.385. The molecule has 0 aromatic heterocycles. The molecule has 6 heteroatoms. The van der Waals surface area contributed by atoms with Gasteiger partial charge in [0.2, 0.25) is 0 Å². The van der Waals surface area contributed by atoms with Crippen LogP contribution in [0.3, 0.4) is 0 Å². The van der Waals surface area contributed by atoms with E-state index >= 15 is 0 Å². The summed E-state index contributed by atoms with van der Waals surface area (Å²) in [6, 6.07) is 5.04. The Morgan fingerprint density at radius 1 is 1.37 bits per heavy atom. The summed E-state index contributed by atoms with van der Waals surface area (Å²) >= 11 is 6.64. The normalized spacial score (nSPS) is 15.9. The molecule has 0 aliphatic heterocycles. The second kappa shape index (κ2) is 6.05. The topological polar surface area (TPSA) is 66.4 Å². The van der Waals surface area contributed by atoms with E-state index in [0.717, 1.165) is 17.3 Å². The molecule has 1 unspecified atom stereocenters. The minimum atomic E-state index is -0.884. The predicted molar refractivity (Wildman–Crippen MR) is 78.1 cm³/mol. The largest absolute Gasteiger partial charge is 0.481 e. The molecule has 1 saturated carbocycles. The fourth-order valence-electron chi connectivity index (χ4n) is 1.94. The third kappa shape index (κ3) is 4.04. The molecule has 0 spiro atoms. The molecule has 1 aromatic rings. The number of carbonyl (C=O) groups is 2. The van der Waals surface area contributed by atoms with E-state index in [0.29, 0.717) is 16.0 Å². The van der Waals surface area contributed by atoms with E-state index in [1.54, 1.807) is 12.1 Å². The number of rotatable bonds is 5. The molecule has 0 saturated heterocycles. The van der Waals surface area contributed by atoms with Gasteiger partial charge in [0.1, 0.15) is 0 Å². The second-order valence-corrected chi connectivity index (χ2v) is 6.41. The highest BCUT2D eigenvalue weighted by atomic mass is 79.9. The third-order valence-corrected chi connectivity index (χ3v) is 4.26. The molecular weight excluding hydrogens is 378 g/mol. The zero-order valence-corrected chi connectivity index (χ0v) is 13.2. The summed E-state index contributed by atoms with van der Waals surface area (Å²) in [5.74, 6) is -0.831. The average Bonchev–Trinajstić information content (AvgIpc) is 3.14.